The highest BCUT2D eigenvalue weighted by molar-refractivity contribution is 5.51. The molecule has 4 fully saturated rings. The van der Waals surface area contributed by atoms with Gasteiger partial charge in [0.1, 0.15) is 5.82 Å². The van der Waals surface area contributed by atoms with Crippen LogP contribution in [0.4, 0.5) is 11.5 Å². The number of likely N-dealkylation sites (tertiary alicyclic amines) is 1. The molecule has 4 heterocycles. The van der Waals surface area contributed by atoms with Crippen molar-refractivity contribution in [3.8, 4) is 0 Å². The lowest BCUT2D eigenvalue weighted by molar-refractivity contribution is 0.0770. The van der Waals surface area contributed by atoms with Crippen molar-refractivity contribution >= 4 is 11.5 Å². The van der Waals surface area contributed by atoms with Crippen molar-refractivity contribution in [3.05, 3.63) is 18.3 Å². The zero-order valence-electron chi connectivity index (χ0n) is 17.2. The van der Waals surface area contributed by atoms with Crippen LogP contribution in [0.25, 0.3) is 0 Å². The van der Waals surface area contributed by atoms with Crippen LogP contribution in [0.3, 0.4) is 0 Å². The van der Waals surface area contributed by atoms with E-state index in [1.165, 1.54) is 82.6 Å². The number of aromatic nitrogens is 1. The molecule has 0 aromatic carbocycles. The van der Waals surface area contributed by atoms with Crippen molar-refractivity contribution in [1.82, 2.24) is 9.88 Å². The average molecular weight is 385 g/mol. The van der Waals surface area contributed by atoms with Gasteiger partial charge < -0.3 is 14.9 Å². The molecule has 5 nitrogen and oxygen atoms in total. The zero-order chi connectivity index (χ0) is 19.0. The summed E-state index contributed by atoms with van der Waals surface area (Å²) in [6.45, 7) is 7.16. The number of piperidine rings is 1. The van der Waals surface area contributed by atoms with Gasteiger partial charge in [0.05, 0.1) is 18.0 Å². The molecule has 1 N–H and O–H groups in total. The molecule has 3 saturated heterocycles. The molecular formula is C23H36N4O. The van der Waals surface area contributed by atoms with Crippen molar-refractivity contribution in [1.29, 1.82) is 0 Å². The monoisotopic (exact) mass is 384 g/mol. The average Bonchev–Trinajstić information content (AvgIpc) is 3.40. The highest BCUT2D eigenvalue weighted by Gasteiger charge is 2.43. The van der Waals surface area contributed by atoms with E-state index in [9.17, 15) is 5.11 Å². The van der Waals surface area contributed by atoms with Gasteiger partial charge in [-0.15, -0.1) is 0 Å². The third-order valence-corrected chi connectivity index (χ3v) is 7.84. The number of hydrogen-bond donors (Lipinski definition) is 1. The van der Waals surface area contributed by atoms with Gasteiger partial charge in [0, 0.05) is 44.2 Å². The van der Waals surface area contributed by atoms with Crippen LogP contribution in [0.5, 0.6) is 0 Å². The molecule has 4 aliphatic rings. The fourth-order valence-electron chi connectivity index (χ4n) is 6.17. The maximum atomic E-state index is 9.83. The molecule has 0 bridgehead atoms. The van der Waals surface area contributed by atoms with E-state index in [0.29, 0.717) is 11.5 Å². The van der Waals surface area contributed by atoms with Crippen LogP contribution in [0.2, 0.25) is 0 Å². The van der Waals surface area contributed by atoms with E-state index in [-0.39, 0.29) is 6.10 Å². The van der Waals surface area contributed by atoms with Gasteiger partial charge in [-0.25, -0.2) is 4.98 Å². The Hall–Kier alpha value is -1.33. The molecule has 1 saturated carbocycles. The lowest BCUT2D eigenvalue weighted by atomic mass is 9.79. The lowest BCUT2D eigenvalue weighted by Gasteiger charge is -2.42. The Morgan fingerprint density at radius 3 is 2.39 bits per heavy atom. The third-order valence-electron chi connectivity index (χ3n) is 7.84. The zero-order valence-corrected chi connectivity index (χ0v) is 17.2. The molecule has 1 aromatic heterocycles. The summed E-state index contributed by atoms with van der Waals surface area (Å²) in [5.41, 5.74) is 1.74. The van der Waals surface area contributed by atoms with Crippen LogP contribution in [0.15, 0.2) is 18.3 Å². The van der Waals surface area contributed by atoms with E-state index in [1.54, 1.807) is 0 Å². The summed E-state index contributed by atoms with van der Waals surface area (Å²) in [4.78, 5) is 12.6. The van der Waals surface area contributed by atoms with Crippen LogP contribution in [-0.4, -0.2) is 66.4 Å². The summed E-state index contributed by atoms with van der Waals surface area (Å²) >= 11 is 0. The van der Waals surface area contributed by atoms with Crippen molar-refractivity contribution in [3.63, 3.8) is 0 Å². The number of aliphatic hydroxyl groups is 1. The van der Waals surface area contributed by atoms with Gasteiger partial charge in [0.15, 0.2) is 0 Å². The Bertz CT molecular complexity index is 651. The van der Waals surface area contributed by atoms with Gasteiger partial charge in [-0.1, -0.05) is 0 Å². The number of rotatable bonds is 3. The normalized spacial score (nSPS) is 34.5. The molecule has 1 spiro atoms. The van der Waals surface area contributed by atoms with Gasteiger partial charge in [0.2, 0.25) is 0 Å². The van der Waals surface area contributed by atoms with Crippen LogP contribution < -0.4 is 9.80 Å². The van der Waals surface area contributed by atoms with Gasteiger partial charge in [-0.3, -0.25) is 4.90 Å². The predicted octanol–water partition coefficient (Wildman–Crippen LogP) is 3.28. The van der Waals surface area contributed by atoms with Crippen molar-refractivity contribution < 1.29 is 5.11 Å². The highest BCUT2D eigenvalue weighted by Crippen LogP contribution is 2.42. The molecule has 28 heavy (non-hydrogen) atoms. The Balaban J connectivity index is 1.22. The van der Waals surface area contributed by atoms with Gasteiger partial charge in [-0.2, -0.15) is 0 Å². The standard InChI is InChI=1S/C23H36N4O/c28-21-7-4-19(5-8-21)26-15-11-23(17-26)10-3-14-27(18-23)22-9-6-20(16-24-22)25-12-1-2-13-25/h6,9,16,19,21,28H,1-5,7-8,10-15,17-18H2/t19?,21?,23-/m1/s1. The largest absolute Gasteiger partial charge is 0.393 e. The Morgan fingerprint density at radius 1 is 0.857 bits per heavy atom. The molecule has 154 valence electrons. The first kappa shape index (κ1) is 18.7. The molecule has 1 atom stereocenters. The summed E-state index contributed by atoms with van der Waals surface area (Å²) in [6.07, 6.45) is 13.0. The summed E-state index contributed by atoms with van der Waals surface area (Å²) in [5, 5.41) is 9.83. The number of aliphatic hydroxyl groups excluding tert-OH is 1. The maximum absolute atomic E-state index is 9.83. The third kappa shape index (κ3) is 3.76. The van der Waals surface area contributed by atoms with Crippen LogP contribution in [-0.2, 0) is 0 Å². The molecule has 0 radical (unpaired) electrons. The minimum absolute atomic E-state index is 0.0485. The number of pyridine rings is 1. The SMILES string of the molecule is OC1CCC(N2CC[C@]3(CCCN(c4ccc(N5CCCC5)cn4)C3)C2)CC1. The second-order valence-corrected chi connectivity index (χ2v) is 9.78. The molecule has 1 aromatic rings. The molecule has 0 unspecified atom stereocenters. The minimum Gasteiger partial charge on any atom is -0.393 e. The van der Waals surface area contributed by atoms with Gasteiger partial charge in [-0.05, 0) is 76.5 Å². The van der Waals surface area contributed by atoms with E-state index in [2.05, 4.69) is 33.0 Å². The topological polar surface area (TPSA) is 42.8 Å². The Kier molecular flexibility index (Phi) is 5.22. The molecule has 5 heteroatoms. The lowest BCUT2D eigenvalue weighted by Crippen LogP contribution is -2.46. The van der Waals surface area contributed by atoms with E-state index < -0.39 is 0 Å². The summed E-state index contributed by atoms with van der Waals surface area (Å²) in [5.74, 6) is 1.17. The van der Waals surface area contributed by atoms with Gasteiger partial charge >= 0.3 is 0 Å². The Labute approximate surface area is 169 Å². The van der Waals surface area contributed by atoms with Crippen molar-refractivity contribution in [2.45, 2.75) is 69.9 Å². The highest BCUT2D eigenvalue weighted by atomic mass is 16.3. The Morgan fingerprint density at radius 2 is 1.64 bits per heavy atom. The first-order chi connectivity index (χ1) is 13.7. The van der Waals surface area contributed by atoms with E-state index >= 15 is 0 Å². The molecule has 1 aliphatic carbocycles. The fraction of sp³-hybridized carbons (Fsp3) is 0.783. The smallest absolute Gasteiger partial charge is 0.128 e. The maximum Gasteiger partial charge on any atom is 0.128 e. The molecule has 0 amide bonds. The molecule has 3 aliphatic heterocycles. The van der Waals surface area contributed by atoms with Crippen molar-refractivity contribution in [2.75, 3.05) is 49.1 Å². The molecular weight excluding hydrogens is 348 g/mol. The van der Waals surface area contributed by atoms with E-state index in [0.717, 1.165) is 25.9 Å². The summed E-state index contributed by atoms with van der Waals surface area (Å²) < 4.78 is 0. The fourth-order valence-corrected chi connectivity index (χ4v) is 6.17. The number of hydrogen-bond acceptors (Lipinski definition) is 5. The van der Waals surface area contributed by atoms with E-state index in [4.69, 9.17) is 4.98 Å². The second-order valence-electron chi connectivity index (χ2n) is 9.78. The quantitative estimate of drug-likeness (QED) is 0.866. The minimum atomic E-state index is -0.0485. The first-order valence-electron chi connectivity index (χ1n) is 11.6. The van der Waals surface area contributed by atoms with E-state index in [1.807, 2.05) is 0 Å². The molecule has 5 rings (SSSR count). The predicted molar refractivity (Wildman–Crippen MR) is 114 cm³/mol. The number of anilines is 2. The van der Waals surface area contributed by atoms with Crippen LogP contribution in [0.1, 0.15) is 57.8 Å². The second kappa shape index (κ2) is 7.83. The number of nitrogens with zero attached hydrogens (tertiary/aromatic N) is 4. The van der Waals surface area contributed by atoms with Gasteiger partial charge in [0.25, 0.3) is 0 Å². The van der Waals surface area contributed by atoms with Crippen LogP contribution in [0, 0.1) is 5.41 Å². The van der Waals surface area contributed by atoms with Crippen molar-refractivity contribution in [2.24, 2.45) is 5.41 Å². The summed E-state index contributed by atoms with van der Waals surface area (Å²) in [6, 6.07) is 5.24. The summed E-state index contributed by atoms with van der Waals surface area (Å²) in [7, 11) is 0. The van der Waals surface area contributed by atoms with Crippen LogP contribution >= 0.6 is 0 Å². The first-order valence-corrected chi connectivity index (χ1v) is 11.6.